The lowest BCUT2D eigenvalue weighted by atomic mass is 9.81. The molecule has 0 bridgehead atoms. The van der Waals surface area contributed by atoms with E-state index < -0.39 is 24.9 Å². The second kappa shape index (κ2) is 10.2. The number of hydrogen-bond donors (Lipinski definition) is 0. The standard InChI is InChI=1S/C29H33BF2N2O6/c1-10-38-28(36)23-16(5)26-25(22-14(3)12-21(13-15(22)4)40-20(9)35)27-17(6)24(29(37)39-11-2)19(8)34(27)30(31,32)33(26)18(23)7/h12-13H,10-11H2,1-9H3. The highest BCUT2D eigenvalue weighted by molar-refractivity contribution is 6.59. The number of aryl methyl sites for hydroxylation is 2. The topological polar surface area (TPSA) is 86.8 Å². The van der Waals surface area contributed by atoms with Gasteiger partial charge in [-0.3, -0.25) is 4.79 Å². The first kappa shape index (κ1) is 29.0. The van der Waals surface area contributed by atoms with Gasteiger partial charge >= 0.3 is 24.9 Å². The third-order valence-electron chi connectivity index (χ3n) is 7.46. The summed E-state index contributed by atoms with van der Waals surface area (Å²) in [5.41, 5.74) is 3.69. The second-order valence-corrected chi connectivity index (χ2v) is 10.0. The number of aromatic nitrogens is 1. The van der Waals surface area contributed by atoms with Crippen molar-refractivity contribution in [3.8, 4) is 5.75 Å². The van der Waals surface area contributed by atoms with Gasteiger partial charge in [-0.15, -0.1) is 0 Å². The Balaban J connectivity index is 2.21. The van der Waals surface area contributed by atoms with Crippen LogP contribution in [0.1, 0.15) is 78.6 Å². The molecule has 0 radical (unpaired) electrons. The van der Waals surface area contributed by atoms with E-state index >= 15 is 8.63 Å². The number of esters is 3. The largest absolute Gasteiger partial charge is 0.737 e. The zero-order valence-corrected chi connectivity index (χ0v) is 24.2. The Morgan fingerprint density at radius 3 is 2.00 bits per heavy atom. The predicted molar refractivity (Wildman–Crippen MR) is 147 cm³/mol. The van der Waals surface area contributed by atoms with Crippen LogP contribution in [0.2, 0.25) is 0 Å². The van der Waals surface area contributed by atoms with Crippen molar-refractivity contribution >= 4 is 36.2 Å². The fourth-order valence-electron chi connectivity index (χ4n) is 6.13. The minimum absolute atomic E-state index is 0.0642. The van der Waals surface area contributed by atoms with Crippen molar-refractivity contribution in [1.29, 1.82) is 0 Å². The van der Waals surface area contributed by atoms with Crippen LogP contribution in [-0.2, 0) is 19.1 Å². The first-order valence-corrected chi connectivity index (χ1v) is 13.2. The quantitative estimate of drug-likeness (QED) is 0.278. The lowest BCUT2D eigenvalue weighted by molar-refractivity contribution is -0.363. The molecule has 40 heavy (non-hydrogen) atoms. The van der Waals surface area contributed by atoms with Gasteiger partial charge < -0.3 is 31.8 Å². The summed E-state index contributed by atoms with van der Waals surface area (Å²) in [6.45, 7) is 10.0. The third kappa shape index (κ3) is 4.19. The predicted octanol–water partition coefficient (Wildman–Crippen LogP) is 5.19. The fraction of sp³-hybridized carbons (Fsp3) is 0.379. The molecule has 11 heteroatoms. The molecule has 1 aromatic carbocycles. The molecule has 0 saturated carbocycles. The van der Waals surface area contributed by atoms with E-state index in [1.807, 2.05) is 0 Å². The maximum atomic E-state index is 16.7. The van der Waals surface area contributed by atoms with E-state index in [1.54, 1.807) is 53.7 Å². The highest BCUT2D eigenvalue weighted by Crippen LogP contribution is 2.48. The Morgan fingerprint density at radius 1 is 0.925 bits per heavy atom. The van der Waals surface area contributed by atoms with Gasteiger partial charge in [0.05, 0.1) is 24.4 Å². The molecule has 0 N–H and O–H groups in total. The van der Waals surface area contributed by atoms with Crippen LogP contribution in [-0.4, -0.2) is 52.8 Å². The third-order valence-corrected chi connectivity index (χ3v) is 7.46. The van der Waals surface area contributed by atoms with Crippen LogP contribution in [0.25, 0.3) is 5.57 Å². The molecule has 1 aromatic heterocycles. The Hall–Kier alpha value is -4.02. The van der Waals surface area contributed by atoms with Gasteiger partial charge in [0.1, 0.15) is 17.0 Å². The lowest BCUT2D eigenvalue weighted by Gasteiger charge is -2.34. The summed E-state index contributed by atoms with van der Waals surface area (Å²) in [6.07, 6.45) is 0. The summed E-state index contributed by atoms with van der Waals surface area (Å²) < 4.78 is 51.0. The number of allylic oxidation sites excluding steroid dienone is 1. The van der Waals surface area contributed by atoms with Gasteiger partial charge in [-0.05, 0) is 88.5 Å². The normalized spacial score (nSPS) is 15.8. The van der Waals surface area contributed by atoms with Crippen LogP contribution in [0.4, 0.5) is 8.63 Å². The molecule has 2 aliphatic heterocycles. The monoisotopic (exact) mass is 554 g/mol. The number of rotatable bonds is 6. The average Bonchev–Trinajstić information content (AvgIpc) is 3.25. The van der Waals surface area contributed by atoms with E-state index in [0.29, 0.717) is 39.1 Å². The molecule has 3 heterocycles. The van der Waals surface area contributed by atoms with Crippen molar-refractivity contribution in [1.82, 2.24) is 4.48 Å². The van der Waals surface area contributed by atoms with Gasteiger partial charge in [0.15, 0.2) is 5.70 Å². The van der Waals surface area contributed by atoms with Crippen LogP contribution in [0.15, 0.2) is 29.0 Å². The van der Waals surface area contributed by atoms with Crippen LogP contribution in [0, 0.1) is 27.7 Å². The first-order chi connectivity index (χ1) is 18.7. The SMILES string of the molecule is CCOC(=O)C1=C(C)C2=C(c3c(C)cc(OC(C)=O)cc3C)c3c(C)c(C(=O)OCC)c(C)n3[B-](F)(F)[N+]2=C1C. The maximum Gasteiger partial charge on any atom is 0.737 e. The molecule has 212 valence electrons. The van der Waals surface area contributed by atoms with E-state index in [0.717, 1.165) is 8.96 Å². The number of halogens is 2. The summed E-state index contributed by atoms with van der Waals surface area (Å²) in [7, 11) is 0. The minimum atomic E-state index is -4.54. The van der Waals surface area contributed by atoms with E-state index in [2.05, 4.69) is 0 Å². The molecule has 0 atom stereocenters. The van der Waals surface area contributed by atoms with E-state index in [9.17, 15) is 14.4 Å². The van der Waals surface area contributed by atoms with Gasteiger partial charge in [0.25, 0.3) is 0 Å². The second-order valence-electron chi connectivity index (χ2n) is 10.0. The number of ether oxygens (including phenoxy) is 3. The smallest absolute Gasteiger partial charge is 0.462 e. The Labute approximate surface area is 232 Å². The van der Waals surface area contributed by atoms with E-state index in [1.165, 1.54) is 20.8 Å². The summed E-state index contributed by atoms with van der Waals surface area (Å²) in [5, 5.41) is 0. The van der Waals surface area contributed by atoms with Crippen LogP contribution < -0.4 is 4.74 Å². The zero-order chi connectivity index (χ0) is 29.8. The van der Waals surface area contributed by atoms with Gasteiger partial charge in [0.2, 0.25) is 0 Å². The van der Waals surface area contributed by atoms with Crippen molar-refractivity contribution in [2.45, 2.75) is 62.3 Å². The molecule has 0 unspecified atom stereocenters. The molecule has 8 nitrogen and oxygen atoms in total. The van der Waals surface area contributed by atoms with Crippen LogP contribution >= 0.6 is 0 Å². The molecule has 2 aromatic rings. The minimum Gasteiger partial charge on any atom is -0.462 e. The summed E-state index contributed by atoms with van der Waals surface area (Å²) in [6, 6.07) is 3.33. The highest BCUT2D eigenvalue weighted by atomic mass is 19.2. The number of carbonyl (C=O) groups excluding carboxylic acids is 3. The number of benzene rings is 1. The molecule has 0 spiro atoms. The molecule has 4 rings (SSSR count). The van der Waals surface area contributed by atoms with Gasteiger partial charge in [0, 0.05) is 25.1 Å². The molecule has 0 aliphatic carbocycles. The molecular weight excluding hydrogens is 521 g/mol. The van der Waals surface area contributed by atoms with E-state index in [-0.39, 0.29) is 47.1 Å². The summed E-state index contributed by atoms with van der Waals surface area (Å²) in [4.78, 5) is 37.6. The number of carbonyl (C=O) groups is 3. The molecular formula is C29H33BF2N2O6. The molecule has 0 saturated heterocycles. The summed E-state index contributed by atoms with van der Waals surface area (Å²) >= 11 is 0. The van der Waals surface area contributed by atoms with Gasteiger partial charge in [-0.25, -0.2) is 9.59 Å². The Morgan fingerprint density at radius 2 is 1.48 bits per heavy atom. The maximum absolute atomic E-state index is 16.7. The van der Waals surface area contributed by atoms with Gasteiger partial charge in [-0.2, -0.15) is 0 Å². The van der Waals surface area contributed by atoms with Crippen molar-refractivity contribution in [2.75, 3.05) is 13.2 Å². The zero-order valence-electron chi connectivity index (χ0n) is 24.2. The number of fused-ring (bicyclic) bond motifs is 2. The lowest BCUT2D eigenvalue weighted by Crippen LogP contribution is -2.52. The fourth-order valence-corrected chi connectivity index (χ4v) is 6.13. The molecule has 2 aliphatic rings. The highest BCUT2D eigenvalue weighted by Gasteiger charge is 2.58. The molecule has 0 amide bonds. The number of nitrogens with zero attached hydrogens (tertiary/aromatic N) is 2. The Kier molecular flexibility index (Phi) is 7.38. The summed E-state index contributed by atoms with van der Waals surface area (Å²) in [5.74, 6) is -1.54. The van der Waals surface area contributed by atoms with E-state index in [4.69, 9.17) is 14.2 Å². The number of hydrogen-bond acceptors (Lipinski definition) is 6. The van der Waals surface area contributed by atoms with Crippen LogP contribution in [0.5, 0.6) is 5.75 Å². The van der Waals surface area contributed by atoms with Crippen molar-refractivity contribution in [3.05, 3.63) is 68.2 Å². The Bertz CT molecular complexity index is 1570. The average molecular weight is 554 g/mol. The van der Waals surface area contributed by atoms with Crippen LogP contribution in [0.3, 0.4) is 0 Å². The van der Waals surface area contributed by atoms with Crippen molar-refractivity contribution in [3.63, 3.8) is 0 Å². The molecule has 0 fully saturated rings. The van der Waals surface area contributed by atoms with Crippen molar-refractivity contribution in [2.24, 2.45) is 0 Å². The van der Waals surface area contributed by atoms with Gasteiger partial charge in [-0.1, -0.05) is 0 Å². The van der Waals surface area contributed by atoms with Crippen molar-refractivity contribution < 1.29 is 41.7 Å². The first-order valence-electron chi connectivity index (χ1n) is 13.2.